The molecule has 1 atom stereocenters. The molecule has 0 aromatic heterocycles. The van der Waals surface area contributed by atoms with Crippen molar-refractivity contribution in [2.75, 3.05) is 17.7 Å². The molecule has 0 saturated heterocycles. The van der Waals surface area contributed by atoms with Crippen LogP contribution >= 0.6 is 11.8 Å². The zero-order chi connectivity index (χ0) is 28.2. The number of ether oxygens (including phenoxy) is 1. The number of hydrogen-bond acceptors (Lipinski definition) is 5. The van der Waals surface area contributed by atoms with Crippen molar-refractivity contribution in [1.82, 2.24) is 5.32 Å². The molecule has 4 aromatic rings. The number of nitrogen functional groups attached to an aromatic ring is 1. The Labute approximate surface area is 234 Å². The van der Waals surface area contributed by atoms with Crippen molar-refractivity contribution < 1.29 is 19.4 Å². The molecule has 39 heavy (non-hydrogen) atoms. The Kier molecular flexibility index (Phi) is 11.0. The molecule has 0 fully saturated rings. The van der Waals surface area contributed by atoms with Crippen LogP contribution in [0.1, 0.15) is 27.9 Å². The third kappa shape index (κ3) is 8.93. The van der Waals surface area contributed by atoms with Gasteiger partial charge in [0.2, 0.25) is 0 Å². The Balaban J connectivity index is 0.000000252. The van der Waals surface area contributed by atoms with E-state index in [-0.39, 0.29) is 5.91 Å². The topological polar surface area (TPSA) is 102 Å². The van der Waals surface area contributed by atoms with Gasteiger partial charge >= 0.3 is 5.97 Å². The number of amides is 1. The van der Waals surface area contributed by atoms with E-state index in [0.29, 0.717) is 17.7 Å². The average Bonchev–Trinajstić information content (AvgIpc) is 2.93. The second kappa shape index (κ2) is 14.6. The summed E-state index contributed by atoms with van der Waals surface area (Å²) < 4.78 is 5.58. The van der Waals surface area contributed by atoms with Gasteiger partial charge in [-0.15, -0.1) is 0 Å². The third-order valence-electron chi connectivity index (χ3n) is 5.93. The molecular weight excluding hydrogens is 508 g/mol. The number of carboxylic acid groups (broad SMARTS) is 1. The Morgan fingerprint density at radius 1 is 0.872 bits per heavy atom. The minimum absolute atomic E-state index is 0.355. The maximum absolute atomic E-state index is 12.8. The molecule has 4 aromatic carbocycles. The van der Waals surface area contributed by atoms with E-state index in [1.54, 1.807) is 17.8 Å². The van der Waals surface area contributed by atoms with Gasteiger partial charge in [-0.1, -0.05) is 60.2 Å². The van der Waals surface area contributed by atoms with Crippen LogP contribution in [0.2, 0.25) is 0 Å². The third-order valence-corrected chi connectivity index (χ3v) is 6.57. The number of carboxylic acids is 1. The highest BCUT2D eigenvalue weighted by Crippen LogP contribution is 2.28. The molecule has 1 amide bonds. The number of nitrogens with one attached hydrogen (secondary N) is 1. The molecule has 7 heteroatoms. The number of aryl methyl sites for hydroxylation is 2. The van der Waals surface area contributed by atoms with Crippen molar-refractivity contribution >= 4 is 29.3 Å². The van der Waals surface area contributed by atoms with Gasteiger partial charge in [0.15, 0.2) is 0 Å². The van der Waals surface area contributed by atoms with E-state index in [1.807, 2.05) is 111 Å². The smallest absolute Gasteiger partial charge is 0.326 e. The summed E-state index contributed by atoms with van der Waals surface area (Å²) in [6, 6.07) is 29.6. The fourth-order valence-electron chi connectivity index (χ4n) is 3.84. The maximum Gasteiger partial charge on any atom is 0.326 e. The quantitative estimate of drug-likeness (QED) is 0.198. The number of para-hydroxylation sites is 1. The van der Waals surface area contributed by atoms with Crippen LogP contribution in [-0.2, 0) is 4.79 Å². The monoisotopic (exact) mass is 542 g/mol. The number of thioether (sulfide) groups is 1. The van der Waals surface area contributed by atoms with Crippen LogP contribution in [0.3, 0.4) is 0 Å². The highest BCUT2D eigenvalue weighted by molar-refractivity contribution is 7.98. The van der Waals surface area contributed by atoms with Crippen LogP contribution in [0.15, 0.2) is 97.1 Å². The number of carbonyl (C=O) groups is 2. The number of anilines is 1. The zero-order valence-electron chi connectivity index (χ0n) is 22.4. The molecule has 0 aliphatic rings. The number of hydrogen-bond donors (Lipinski definition) is 3. The molecule has 0 bridgehead atoms. The van der Waals surface area contributed by atoms with Crippen molar-refractivity contribution in [2.24, 2.45) is 0 Å². The zero-order valence-corrected chi connectivity index (χ0v) is 23.2. The van der Waals surface area contributed by atoms with E-state index in [1.165, 1.54) is 0 Å². The molecule has 0 spiro atoms. The predicted molar refractivity (Wildman–Crippen MR) is 161 cm³/mol. The second-order valence-corrected chi connectivity index (χ2v) is 9.98. The lowest BCUT2D eigenvalue weighted by molar-refractivity contribution is -0.139. The van der Waals surface area contributed by atoms with Crippen LogP contribution in [-0.4, -0.2) is 35.0 Å². The minimum Gasteiger partial charge on any atom is -0.480 e. The summed E-state index contributed by atoms with van der Waals surface area (Å²) in [6.45, 7) is 3.97. The number of carbonyl (C=O) groups excluding carboxylic acids is 1. The molecule has 0 heterocycles. The summed E-state index contributed by atoms with van der Waals surface area (Å²) in [6.07, 6.45) is 2.31. The van der Waals surface area contributed by atoms with Gasteiger partial charge in [-0.2, -0.15) is 11.8 Å². The summed E-state index contributed by atoms with van der Waals surface area (Å²) in [7, 11) is 0. The van der Waals surface area contributed by atoms with E-state index in [4.69, 9.17) is 10.5 Å². The van der Waals surface area contributed by atoms with Gasteiger partial charge in [-0.05, 0) is 91.4 Å². The molecule has 1 unspecified atom stereocenters. The van der Waals surface area contributed by atoms with Crippen molar-refractivity contribution in [2.45, 2.75) is 26.3 Å². The van der Waals surface area contributed by atoms with Crippen molar-refractivity contribution in [3.8, 4) is 22.6 Å². The molecule has 4 N–H and O–H groups in total. The summed E-state index contributed by atoms with van der Waals surface area (Å²) in [4.78, 5) is 24.2. The Morgan fingerprint density at radius 3 is 2.15 bits per heavy atom. The van der Waals surface area contributed by atoms with Crippen LogP contribution in [0.25, 0.3) is 11.1 Å². The predicted octanol–water partition coefficient (Wildman–Crippen LogP) is 6.97. The Bertz CT molecular complexity index is 1370. The molecule has 0 aliphatic carbocycles. The molecule has 0 saturated carbocycles. The van der Waals surface area contributed by atoms with E-state index < -0.39 is 12.0 Å². The van der Waals surface area contributed by atoms with Crippen LogP contribution in [0, 0.1) is 13.8 Å². The number of benzene rings is 4. The first-order valence-corrected chi connectivity index (χ1v) is 14.0. The molecule has 202 valence electrons. The molecule has 4 rings (SSSR count). The van der Waals surface area contributed by atoms with Gasteiger partial charge in [-0.3, -0.25) is 4.79 Å². The first-order chi connectivity index (χ1) is 18.8. The van der Waals surface area contributed by atoms with Crippen LogP contribution in [0.5, 0.6) is 11.5 Å². The van der Waals surface area contributed by atoms with Gasteiger partial charge in [0, 0.05) is 11.3 Å². The SMILES string of the molecule is CSCCC(NC(=O)c1ccc(C)cc1-c1ccccc1C)C(=O)O.Nc1ccc(Oc2ccccc2)cc1. The molecule has 0 radical (unpaired) electrons. The number of aliphatic carboxylic acids is 1. The maximum atomic E-state index is 12.8. The Morgan fingerprint density at radius 2 is 1.51 bits per heavy atom. The molecular formula is C32H34N2O4S. The standard InChI is InChI=1S/C20H23NO3S.C12H11NO/c1-13-8-9-16(17(12-13)15-7-5-4-6-14(15)2)19(22)21-18(20(23)24)10-11-25-3;13-10-6-8-12(9-7-10)14-11-4-2-1-3-5-11/h4-9,12,18H,10-11H2,1-3H3,(H,21,22)(H,23,24);1-9H,13H2. The molecule has 0 aliphatic heterocycles. The van der Waals surface area contributed by atoms with E-state index in [2.05, 4.69) is 5.32 Å². The van der Waals surface area contributed by atoms with Crippen molar-refractivity contribution in [3.05, 3.63) is 114 Å². The lowest BCUT2D eigenvalue weighted by Crippen LogP contribution is -2.41. The lowest BCUT2D eigenvalue weighted by Gasteiger charge is -2.17. The number of nitrogens with two attached hydrogens (primary N) is 1. The fourth-order valence-corrected chi connectivity index (χ4v) is 4.32. The van der Waals surface area contributed by atoms with Gasteiger partial charge in [0.1, 0.15) is 17.5 Å². The fraction of sp³-hybridized carbons (Fsp3) is 0.188. The van der Waals surface area contributed by atoms with E-state index in [9.17, 15) is 14.7 Å². The summed E-state index contributed by atoms with van der Waals surface area (Å²) in [5.41, 5.74) is 10.7. The van der Waals surface area contributed by atoms with Crippen molar-refractivity contribution in [1.29, 1.82) is 0 Å². The summed E-state index contributed by atoms with van der Waals surface area (Å²) in [5.74, 6) is 0.942. The molecule has 6 nitrogen and oxygen atoms in total. The van der Waals surface area contributed by atoms with Crippen molar-refractivity contribution in [3.63, 3.8) is 0 Å². The minimum atomic E-state index is -1.01. The van der Waals surface area contributed by atoms with Crippen LogP contribution in [0.4, 0.5) is 5.69 Å². The Hall–Kier alpha value is -4.23. The number of rotatable bonds is 9. The summed E-state index contributed by atoms with van der Waals surface area (Å²) >= 11 is 1.56. The van der Waals surface area contributed by atoms with Gasteiger partial charge in [-0.25, -0.2) is 4.79 Å². The first kappa shape index (κ1) is 29.3. The average molecular weight is 543 g/mol. The van der Waals surface area contributed by atoms with Crippen LogP contribution < -0.4 is 15.8 Å². The first-order valence-electron chi connectivity index (χ1n) is 12.6. The van der Waals surface area contributed by atoms with E-state index >= 15 is 0 Å². The normalized spacial score (nSPS) is 11.1. The lowest BCUT2D eigenvalue weighted by atomic mass is 9.94. The highest BCUT2D eigenvalue weighted by atomic mass is 32.2. The van der Waals surface area contributed by atoms with Gasteiger partial charge in [0.25, 0.3) is 5.91 Å². The second-order valence-electron chi connectivity index (χ2n) is 8.99. The van der Waals surface area contributed by atoms with E-state index in [0.717, 1.165) is 39.4 Å². The summed E-state index contributed by atoms with van der Waals surface area (Å²) in [5, 5.41) is 12.0. The van der Waals surface area contributed by atoms with Gasteiger partial charge < -0.3 is 20.9 Å². The van der Waals surface area contributed by atoms with Gasteiger partial charge in [0.05, 0.1) is 0 Å². The highest BCUT2D eigenvalue weighted by Gasteiger charge is 2.22. The largest absolute Gasteiger partial charge is 0.480 e.